The first-order valence-corrected chi connectivity index (χ1v) is 8.67. The van der Waals surface area contributed by atoms with Crippen LogP contribution in [0.5, 0.6) is 5.75 Å². The molecule has 3 aromatic rings. The van der Waals surface area contributed by atoms with Crippen molar-refractivity contribution in [2.75, 3.05) is 14.1 Å². The van der Waals surface area contributed by atoms with Crippen molar-refractivity contribution in [1.82, 2.24) is 9.88 Å². The van der Waals surface area contributed by atoms with Crippen LogP contribution in [0.4, 0.5) is 0 Å². The van der Waals surface area contributed by atoms with Crippen LogP contribution in [0.2, 0.25) is 0 Å². The Bertz CT molecular complexity index is 842. The number of aromatic amines is 1. The summed E-state index contributed by atoms with van der Waals surface area (Å²) in [5.74, 6) is 0.925. The third-order valence-corrected chi connectivity index (χ3v) is 5.11. The molecule has 1 atom stereocenters. The predicted octanol–water partition coefficient (Wildman–Crippen LogP) is 4.59. The maximum atomic E-state index is 5.96. The Morgan fingerprint density at radius 3 is 2.68 bits per heavy atom. The number of fused-ring (bicyclic) bond motifs is 3. The molecule has 0 radical (unpaired) electrons. The van der Waals surface area contributed by atoms with Crippen molar-refractivity contribution in [2.24, 2.45) is 0 Å². The van der Waals surface area contributed by atoms with E-state index in [1.807, 2.05) is 18.2 Å². The second-order valence-electron chi connectivity index (χ2n) is 6.92. The number of rotatable bonds is 4. The minimum absolute atomic E-state index is 0. The van der Waals surface area contributed by atoms with Crippen LogP contribution in [0.3, 0.4) is 0 Å². The molecule has 0 amide bonds. The van der Waals surface area contributed by atoms with Crippen molar-refractivity contribution < 1.29 is 4.74 Å². The lowest BCUT2D eigenvalue weighted by atomic mass is 9.91. The van der Waals surface area contributed by atoms with Crippen LogP contribution in [-0.4, -0.2) is 30.0 Å². The fraction of sp³-hybridized carbons (Fsp3) is 0.333. The zero-order valence-electron chi connectivity index (χ0n) is 14.8. The van der Waals surface area contributed by atoms with Gasteiger partial charge in [-0.25, -0.2) is 0 Å². The van der Waals surface area contributed by atoms with Crippen molar-refractivity contribution in [1.29, 1.82) is 0 Å². The molecule has 132 valence electrons. The highest BCUT2D eigenvalue weighted by Crippen LogP contribution is 2.32. The summed E-state index contributed by atoms with van der Waals surface area (Å²) in [4.78, 5) is 5.96. The molecule has 0 bridgehead atoms. The van der Waals surface area contributed by atoms with E-state index >= 15 is 0 Å². The van der Waals surface area contributed by atoms with E-state index in [1.54, 1.807) is 0 Å². The zero-order chi connectivity index (χ0) is 16.5. The van der Waals surface area contributed by atoms with Crippen LogP contribution in [0.15, 0.2) is 48.5 Å². The first kappa shape index (κ1) is 17.8. The topological polar surface area (TPSA) is 28.3 Å². The maximum absolute atomic E-state index is 5.96. The van der Waals surface area contributed by atoms with Gasteiger partial charge in [-0.15, -0.1) is 12.4 Å². The van der Waals surface area contributed by atoms with E-state index in [0.717, 1.165) is 18.6 Å². The van der Waals surface area contributed by atoms with Crippen molar-refractivity contribution in [3.8, 4) is 5.75 Å². The van der Waals surface area contributed by atoms with Crippen molar-refractivity contribution in [3.05, 3.63) is 65.4 Å². The van der Waals surface area contributed by atoms with E-state index in [1.165, 1.54) is 34.1 Å². The van der Waals surface area contributed by atoms with Gasteiger partial charge in [0.1, 0.15) is 12.4 Å². The second kappa shape index (κ2) is 7.51. The summed E-state index contributed by atoms with van der Waals surface area (Å²) in [6.45, 7) is 0.607. The summed E-state index contributed by atoms with van der Waals surface area (Å²) >= 11 is 0. The van der Waals surface area contributed by atoms with Gasteiger partial charge >= 0.3 is 0 Å². The summed E-state index contributed by atoms with van der Waals surface area (Å²) in [7, 11) is 4.36. The number of nitrogens with zero attached hydrogens (tertiary/aromatic N) is 1. The summed E-state index contributed by atoms with van der Waals surface area (Å²) in [6.07, 6.45) is 3.49. The molecule has 0 saturated carbocycles. The highest BCUT2D eigenvalue weighted by Gasteiger charge is 2.23. The Balaban J connectivity index is 0.00000182. The van der Waals surface area contributed by atoms with Gasteiger partial charge in [0.15, 0.2) is 0 Å². The molecule has 1 N–H and O–H groups in total. The Hall–Kier alpha value is -1.97. The Morgan fingerprint density at radius 2 is 1.92 bits per heavy atom. The number of H-pyrrole nitrogens is 1. The molecule has 25 heavy (non-hydrogen) atoms. The Morgan fingerprint density at radius 1 is 1.12 bits per heavy atom. The molecule has 3 nitrogen and oxygen atoms in total. The number of nitrogens with one attached hydrogen (secondary N) is 1. The number of likely N-dealkylation sites (N-methyl/N-ethyl adjacent to an activating group) is 1. The van der Waals surface area contributed by atoms with Gasteiger partial charge in [-0.1, -0.05) is 30.3 Å². The zero-order valence-corrected chi connectivity index (χ0v) is 15.6. The first-order chi connectivity index (χ1) is 11.7. The molecule has 0 fully saturated rings. The normalized spacial score (nSPS) is 16.5. The van der Waals surface area contributed by atoms with Crippen LogP contribution in [0.1, 0.15) is 23.2 Å². The molecule has 0 spiro atoms. The fourth-order valence-corrected chi connectivity index (χ4v) is 3.66. The minimum atomic E-state index is 0. The molecular weight excluding hydrogens is 332 g/mol. The van der Waals surface area contributed by atoms with Gasteiger partial charge in [0.05, 0.1) is 0 Å². The molecule has 0 aliphatic heterocycles. The third kappa shape index (κ3) is 3.68. The van der Waals surface area contributed by atoms with Gasteiger partial charge < -0.3 is 14.6 Å². The van der Waals surface area contributed by atoms with E-state index in [4.69, 9.17) is 4.74 Å². The third-order valence-electron chi connectivity index (χ3n) is 5.11. The largest absolute Gasteiger partial charge is 0.489 e. The van der Waals surface area contributed by atoms with Crippen LogP contribution < -0.4 is 4.74 Å². The highest BCUT2D eigenvalue weighted by molar-refractivity contribution is 5.86. The number of hydrogen-bond donors (Lipinski definition) is 1. The van der Waals surface area contributed by atoms with Crippen LogP contribution in [-0.2, 0) is 19.4 Å². The summed E-state index contributed by atoms with van der Waals surface area (Å²) in [5, 5.41) is 1.35. The fourth-order valence-electron chi connectivity index (χ4n) is 3.66. The molecule has 1 heterocycles. The van der Waals surface area contributed by atoms with Crippen molar-refractivity contribution in [2.45, 2.75) is 31.9 Å². The number of benzene rings is 2. The molecule has 4 heteroatoms. The predicted molar refractivity (Wildman–Crippen MR) is 106 cm³/mol. The number of aromatic nitrogens is 1. The number of hydrogen-bond acceptors (Lipinski definition) is 2. The molecule has 1 unspecified atom stereocenters. The molecule has 1 aliphatic rings. The number of halogens is 1. The monoisotopic (exact) mass is 356 g/mol. The van der Waals surface area contributed by atoms with Gasteiger partial charge in [0.25, 0.3) is 0 Å². The first-order valence-electron chi connectivity index (χ1n) is 8.67. The second-order valence-corrected chi connectivity index (χ2v) is 6.92. The van der Waals surface area contributed by atoms with E-state index in [2.05, 4.69) is 54.3 Å². The standard InChI is InChI=1S/C21H24N2O.ClH/c1-23(2)16-8-11-20-19(12-16)18-10-9-17(13-21(18)22-20)24-14-15-6-4-3-5-7-15;/h3-7,9-10,13,16,22H,8,11-12,14H2,1-2H3;1H. The lowest BCUT2D eigenvalue weighted by molar-refractivity contribution is 0.268. The maximum Gasteiger partial charge on any atom is 0.121 e. The van der Waals surface area contributed by atoms with E-state index in [9.17, 15) is 0 Å². The highest BCUT2D eigenvalue weighted by atomic mass is 35.5. The summed E-state index contributed by atoms with van der Waals surface area (Å²) in [6, 6.07) is 17.4. The van der Waals surface area contributed by atoms with Crippen molar-refractivity contribution in [3.63, 3.8) is 0 Å². The van der Waals surface area contributed by atoms with Gasteiger partial charge in [-0.05, 0) is 56.6 Å². The smallest absolute Gasteiger partial charge is 0.121 e. The summed E-state index contributed by atoms with van der Waals surface area (Å²) in [5.41, 5.74) is 5.29. The van der Waals surface area contributed by atoms with Gasteiger partial charge in [0.2, 0.25) is 0 Å². The Labute approximate surface area is 155 Å². The van der Waals surface area contributed by atoms with Gasteiger partial charge in [0, 0.05) is 28.7 Å². The van der Waals surface area contributed by atoms with Crippen LogP contribution in [0, 0.1) is 0 Å². The molecule has 1 aliphatic carbocycles. The SMILES string of the molecule is CN(C)C1CCc2[nH]c3cc(OCc4ccccc4)ccc3c2C1.Cl. The quantitative estimate of drug-likeness (QED) is 0.740. The lowest BCUT2D eigenvalue weighted by Crippen LogP contribution is -2.33. The lowest BCUT2D eigenvalue weighted by Gasteiger charge is -2.28. The Kier molecular flexibility index (Phi) is 5.36. The van der Waals surface area contributed by atoms with E-state index < -0.39 is 0 Å². The van der Waals surface area contributed by atoms with Crippen LogP contribution in [0.25, 0.3) is 10.9 Å². The van der Waals surface area contributed by atoms with Crippen molar-refractivity contribution >= 4 is 23.3 Å². The molecule has 1 aromatic heterocycles. The van der Waals surface area contributed by atoms with Gasteiger partial charge in [-0.2, -0.15) is 0 Å². The average molecular weight is 357 g/mol. The van der Waals surface area contributed by atoms with Crippen LogP contribution >= 0.6 is 12.4 Å². The van der Waals surface area contributed by atoms with Gasteiger partial charge in [-0.3, -0.25) is 0 Å². The van der Waals surface area contributed by atoms with E-state index in [-0.39, 0.29) is 12.4 Å². The average Bonchev–Trinajstić information content (AvgIpc) is 2.97. The number of ether oxygens (including phenoxy) is 1. The molecule has 2 aromatic carbocycles. The number of aryl methyl sites for hydroxylation is 1. The summed E-state index contributed by atoms with van der Waals surface area (Å²) < 4.78 is 5.96. The molecule has 0 saturated heterocycles. The minimum Gasteiger partial charge on any atom is -0.489 e. The van der Waals surface area contributed by atoms with E-state index in [0.29, 0.717) is 12.6 Å². The molecule has 4 rings (SSSR count). The molecular formula is C21H25ClN2O.